The minimum atomic E-state index is 0.575. The minimum absolute atomic E-state index is 0.575. The van der Waals surface area contributed by atoms with Gasteiger partial charge in [0.1, 0.15) is 5.15 Å². The summed E-state index contributed by atoms with van der Waals surface area (Å²) in [7, 11) is 0. The number of nitrogens with one attached hydrogen (secondary N) is 1. The molecule has 0 aliphatic carbocycles. The quantitative estimate of drug-likeness (QED) is 0.803. The van der Waals surface area contributed by atoms with E-state index in [2.05, 4.69) is 29.3 Å². The molecule has 1 N–H and O–H groups in total. The maximum Gasteiger partial charge on any atom is 0.124 e. The molecule has 2 aromatic rings. The third-order valence-corrected chi connectivity index (χ3v) is 2.41. The molecule has 0 bridgehead atoms. The Morgan fingerprint density at radius 1 is 1.36 bits per heavy atom. The first-order valence-corrected chi connectivity index (χ1v) is 4.98. The molecule has 1 aromatic carbocycles. The van der Waals surface area contributed by atoms with Crippen LogP contribution in [0.15, 0.2) is 30.3 Å². The summed E-state index contributed by atoms with van der Waals surface area (Å²) in [4.78, 5) is 0. The Balaban J connectivity index is 2.50. The van der Waals surface area contributed by atoms with Gasteiger partial charge >= 0.3 is 0 Å². The van der Waals surface area contributed by atoms with E-state index in [4.69, 9.17) is 11.6 Å². The number of halogens is 1. The smallest absolute Gasteiger partial charge is 0.124 e. The Morgan fingerprint density at radius 3 is 2.79 bits per heavy atom. The van der Waals surface area contributed by atoms with Crippen molar-refractivity contribution in [1.82, 2.24) is 10.2 Å². The standard InChI is InChI=1S/C11H11ClN2/c1-2-8-5-3-4-6-9(8)10-7-11(12)14-13-10/h3-7H,2H2,1H3,(H,13,14). The van der Waals surface area contributed by atoms with Crippen LogP contribution >= 0.6 is 11.6 Å². The molecule has 0 spiro atoms. The molecule has 2 rings (SSSR count). The Hall–Kier alpha value is -1.28. The van der Waals surface area contributed by atoms with Crippen molar-refractivity contribution >= 4 is 11.6 Å². The fourth-order valence-corrected chi connectivity index (χ4v) is 1.66. The van der Waals surface area contributed by atoms with E-state index >= 15 is 0 Å². The molecule has 0 aliphatic rings. The van der Waals surface area contributed by atoms with Gasteiger partial charge in [-0.3, -0.25) is 5.10 Å². The Kier molecular flexibility index (Phi) is 2.55. The van der Waals surface area contributed by atoms with Crippen LogP contribution in [0, 0.1) is 0 Å². The number of nitrogens with zero attached hydrogens (tertiary/aromatic N) is 1. The van der Waals surface area contributed by atoms with E-state index in [-0.39, 0.29) is 0 Å². The van der Waals surface area contributed by atoms with Gasteiger partial charge in [-0.15, -0.1) is 0 Å². The highest BCUT2D eigenvalue weighted by molar-refractivity contribution is 6.29. The van der Waals surface area contributed by atoms with Crippen LogP contribution in [-0.4, -0.2) is 10.2 Å². The second kappa shape index (κ2) is 3.84. The zero-order valence-electron chi connectivity index (χ0n) is 7.92. The number of aryl methyl sites for hydroxylation is 1. The molecule has 1 heterocycles. The Labute approximate surface area is 87.9 Å². The van der Waals surface area contributed by atoms with E-state index < -0.39 is 0 Å². The van der Waals surface area contributed by atoms with Gasteiger partial charge in [0.2, 0.25) is 0 Å². The predicted molar refractivity (Wildman–Crippen MR) is 58.4 cm³/mol. The molecular weight excluding hydrogens is 196 g/mol. The van der Waals surface area contributed by atoms with Crippen LogP contribution in [0.4, 0.5) is 0 Å². The summed E-state index contributed by atoms with van der Waals surface area (Å²) in [6, 6.07) is 10.1. The van der Waals surface area contributed by atoms with E-state index in [0.717, 1.165) is 17.7 Å². The SMILES string of the molecule is CCc1ccccc1-c1cc(Cl)[nH]n1. The van der Waals surface area contributed by atoms with Gasteiger partial charge < -0.3 is 0 Å². The summed E-state index contributed by atoms with van der Waals surface area (Å²) >= 11 is 5.79. The van der Waals surface area contributed by atoms with Crippen molar-refractivity contribution in [3.8, 4) is 11.3 Å². The van der Waals surface area contributed by atoms with Crippen molar-refractivity contribution < 1.29 is 0 Å². The molecule has 0 unspecified atom stereocenters. The van der Waals surface area contributed by atoms with Crippen molar-refractivity contribution in [2.24, 2.45) is 0 Å². The Bertz CT molecular complexity index is 434. The molecule has 1 aromatic heterocycles. The van der Waals surface area contributed by atoms with Crippen molar-refractivity contribution in [3.05, 3.63) is 41.0 Å². The zero-order chi connectivity index (χ0) is 9.97. The van der Waals surface area contributed by atoms with Gasteiger partial charge in [-0.25, -0.2) is 0 Å². The van der Waals surface area contributed by atoms with Crippen molar-refractivity contribution in [3.63, 3.8) is 0 Å². The van der Waals surface area contributed by atoms with Crippen LogP contribution in [-0.2, 0) is 6.42 Å². The summed E-state index contributed by atoms with van der Waals surface area (Å²) in [6.45, 7) is 2.13. The number of H-pyrrole nitrogens is 1. The third-order valence-electron chi connectivity index (χ3n) is 2.22. The van der Waals surface area contributed by atoms with Crippen LogP contribution in [0.1, 0.15) is 12.5 Å². The predicted octanol–water partition coefficient (Wildman–Crippen LogP) is 3.29. The number of rotatable bonds is 2. The third kappa shape index (κ3) is 1.66. The Morgan fingerprint density at radius 2 is 2.14 bits per heavy atom. The molecule has 0 amide bonds. The lowest BCUT2D eigenvalue weighted by atomic mass is 10.0. The first kappa shape index (κ1) is 9.28. The first-order chi connectivity index (χ1) is 6.81. The molecular formula is C11H11ClN2. The number of aromatic nitrogens is 2. The summed E-state index contributed by atoms with van der Waals surface area (Å²) in [6.07, 6.45) is 1.00. The number of aromatic amines is 1. The highest BCUT2D eigenvalue weighted by atomic mass is 35.5. The summed E-state index contributed by atoms with van der Waals surface area (Å²) in [5, 5.41) is 7.45. The highest BCUT2D eigenvalue weighted by Crippen LogP contribution is 2.23. The van der Waals surface area contributed by atoms with Crippen molar-refractivity contribution in [2.45, 2.75) is 13.3 Å². The van der Waals surface area contributed by atoms with Crippen LogP contribution in [0.5, 0.6) is 0 Å². The van der Waals surface area contributed by atoms with Gasteiger partial charge in [0, 0.05) is 11.6 Å². The summed E-state index contributed by atoms with van der Waals surface area (Å²) < 4.78 is 0. The van der Waals surface area contributed by atoms with Gasteiger partial charge in [-0.05, 0) is 12.0 Å². The van der Waals surface area contributed by atoms with E-state index in [1.807, 2.05) is 18.2 Å². The fourth-order valence-electron chi connectivity index (χ4n) is 1.51. The van der Waals surface area contributed by atoms with Crippen LogP contribution < -0.4 is 0 Å². The van der Waals surface area contributed by atoms with Crippen LogP contribution in [0.25, 0.3) is 11.3 Å². The fraction of sp³-hybridized carbons (Fsp3) is 0.182. The second-order valence-electron chi connectivity index (χ2n) is 3.11. The summed E-state index contributed by atoms with van der Waals surface area (Å²) in [5.41, 5.74) is 3.35. The average molecular weight is 207 g/mol. The highest BCUT2D eigenvalue weighted by Gasteiger charge is 2.05. The lowest BCUT2D eigenvalue weighted by molar-refractivity contribution is 1.08. The molecule has 0 atom stereocenters. The maximum atomic E-state index is 5.79. The number of benzene rings is 1. The average Bonchev–Trinajstić information content (AvgIpc) is 2.65. The van der Waals surface area contributed by atoms with Crippen LogP contribution in [0.2, 0.25) is 5.15 Å². The molecule has 0 fully saturated rings. The van der Waals surface area contributed by atoms with E-state index in [0.29, 0.717) is 5.15 Å². The molecule has 0 aliphatic heterocycles. The van der Waals surface area contributed by atoms with Gasteiger partial charge in [0.15, 0.2) is 0 Å². The van der Waals surface area contributed by atoms with Gasteiger partial charge in [0.25, 0.3) is 0 Å². The van der Waals surface area contributed by atoms with Gasteiger partial charge in [0.05, 0.1) is 5.69 Å². The monoisotopic (exact) mass is 206 g/mol. The molecule has 0 radical (unpaired) electrons. The van der Waals surface area contributed by atoms with E-state index in [1.165, 1.54) is 5.56 Å². The second-order valence-corrected chi connectivity index (χ2v) is 3.52. The molecule has 2 nitrogen and oxygen atoms in total. The van der Waals surface area contributed by atoms with Gasteiger partial charge in [-0.2, -0.15) is 5.10 Å². The maximum absolute atomic E-state index is 5.79. The van der Waals surface area contributed by atoms with E-state index in [1.54, 1.807) is 0 Å². The minimum Gasteiger partial charge on any atom is -0.267 e. The zero-order valence-corrected chi connectivity index (χ0v) is 8.67. The number of hydrogen-bond donors (Lipinski definition) is 1. The van der Waals surface area contributed by atoms with Gasteiger partial charge in [-0.1, -0.05) is 42.8 Å². The molecule has 0 saturated heterocycles. The summed E-state index contributed by atoms with van der Waals surface area (Å²) in [5.74, 6) is 0. The molecule has 3 heteroatoms. The van der Waals surface area contributed by atoms with Crippen LogP contribution in [0.3, 0.4) is 0 Å². The first-order valence-electron chi connectivity index (χ1n) is 4.60. The van der Waals surface area contributed by atoms with Crippen molar-refractivity contribution in [1.29, 1.82) is 0 Å². The lowest BCUT2D eigenvalue weighted by Crippen LogP contribution is -1.86. The molecule has 14 heavy (non-hydrogen) atoms. The van der Waals surface area contributed by atoms with Crippen molar-refractivity contribution in [2.75, 3.05) is 0 Å². The van der Waals surface area contributed by atoms with E-state index in [9.17, 15) is 0 Å². The lowest BCUT2D eigenvalue weighted by Gasteiger charge is -2.03. The largest absolute Gasteiger partial charge is 0.267 e. The topological polar surface area (TPSA) is 28.7 Å². The molecule has 0 saturated carbocycles. The number of hydrogen-bond acceptors (Lipinski definition) is 1. The molecule has 72 valence electrons. The normalized spacial score (nSPS) is 10.4.